The van der Waals surface area contributed by atoms with E-state index in [-0.39, 0.29) is 0 Å². The van der Waals surface area contributed by atoms with Crippen LogP contribution in [0.1, 0.15) is 52.9 Å². The van der Waals surface area contributed by atoms with Crippen LogP contribution in [0, 0.1) is 10.8 Å². The summed E-state index contributed by atoms with van der Waals surface area (Å²) >= 11 is 0. The first-order valence-corrected chi connectivity index (χ1v) is 5.61. The zero-order valence-electron chi connectivity index (χ0n) is 9.23. The molecule has 1 aliphatic heterocycles. The monoisotopic (exact) mass is 182 g/mol. The van der Waals surface area contributed by atoms with Crippen LogP contribution in [0.4, 0.5) is 0 Å². The van der Waals surface area contributed by atoms with Crippen molar-refractivity contribution in [2.45, 2.75) is 59.0 Å². The summed E-state index contributed by atoms with van der Waals surface area (Å²) in [5, 5.41) is 0. The maximum atomic E-state index is 5.89. The van der Waals surface area contributed by atoms with Gasteiger partial charge in [0.25, 0.3) is 0 Å². The molecule has 0 aromatic rings. The summed E-state index contributed by atoms with van der Waals surface area (Å²) in [6.07, 6.45) is 7.41. The second-order valence-electron chi connectivity index (χ2n) is 6.26. The van der Waals surface area contributed by atoms with E-state index in [1.165, 1.54) is 32.1 Å². The average Bonchev–Trinajstić information content (AvgIpc) is 2.26. The molecule has 0 bridgehead atoms. The van der Waals surface area contributed by atoms with Crippen LogP contribution in [0.15, 0.2) is 0 Å². The highest BCUT2D eigenvalue weighted by atomic mass is 16.5. The summed E-state index contributed by atoms with van der Waals surface area (Å²) in [7, 11) is 0. The highest BCUT2D eigenvalue weighted by Crippen LogP contribution is 2.50. The van der Waals surface area contributed by atoms with E-state index < -0.39 is 0 Å². The first-order valence-electron chi connectivity index (χ1n) is 5.61. The lowest BCUT2D eigenvalue weighted by Crippen LogP contribution is -2.29. The number of rotatable bonds is 1. The molecule has 1 saturated heterocycles. The normalized spacial score (nSPS) is 32.1. The summed E-state index contributed by atoms with van der Waals surface area (Å²) in [6, 6.07) is 0. The molecule has 0 aromatic heterocycles. The lowest BCUT2D eigenvalue weighted by atomic mass is 9.67. The molecule has 1 aliphatic carbocycles. The molecule has 2 rings (SSSR count). The zero-order valence-corrected chi connectivity index (χ0v) is 9.23. The van der Waals surface area contributed by atoms with E-state index in [4.69, 9.17) is 4.74 Å². The molecule has 1 heteroatoms. The largest absolute Gasteiger partial charge is 0.378 e. The molecule has 0 aromatic carbocycles. The summed E-state index contributed by atoms with van der Waals surface area (Å²) in [5.41, 5.74) is 1.07. The Kier molecular flexibility index (Phi) is 2.18. The van der Waals surface area contributed by atoms with Gasteiger partial charge >= 0.3 is 0 Å². The van der Waals surface area contributed by atoms with Crippen LogP contribution in [0.5, 0.6) is 0 Å². The quantitative estimate of drug-likeness (QED) is 0.604. The van der Waals surface area contributed by atoms with Crippen LogP contribution in [-0.2, 0) is 4.74 Å². The molecular weight excluding hydrogens is 160 g/mol. The predicted octanol–water partition coefficient (Wildman–Crippen LogP) is 3.38. The molecule has 1 nitrogen and oxygen atoms in total. The molecule has 1 atom stereocenters. The van der Waals surface area contributed by atoms with Crippen LogP contribution >= 0.6 is 0 Å². The van der Waals surface area contributed by atoms with Gasteiger partial charge in [-0.15, -0.1) is 0 Å². The van der Waals surface area contributed by atoms with Gasteiger partial charge < -0.3 is 4.74 Å². The Labute approximate surface area is 81.9 Å². The van der Waals surface area contributed by atoms with Crippen molar-refractivity contribution < 1.29 is 4.74 Å². The van der Waals surface area contributed by atoms with Crippen molar-refractivity contribution in [1.82, 2.24) is 0 Å². The highest BCUT2D eigenvalue weighted by molar-refractivity contribution is 4.94. The van der Waals surface area contributed by atoms with Gasteiger partial charge in [-0.2, -0.15) is 0 Å². The lowest BCUT2D eigenvalue weighted by molar-refractivity contribution is 0.0530. The second kappa shape index (κ2) is 2.98. The standard InChI is InChI=1S/C12H22O/c1-11(2,3)7-10-8-12(9-13-10)5-4-6-12/h10H,4-9H2,1-3H3. The number of hydrogen-bond donors (Lipinski definition) is 0. The third-order valence-electron chi connectivity index (χ3n) is 3.54. The van der Waals surface area contributed by atoms with Crippen molar-refractivity contribution >= 4 is 0 Å². The SMILES string of the molecule is CC(C)(C)CC1CC2(CCC2)CO1. The van der Waals surface area contributed by atoms with Gasteiger partial charge in [-0.05, 0) is 36.5 Å². The fraction of sp³-hybridized carbons (Fsp3) is 1.00. The van der Waals surface area contributed by atoms with Gasteiger partial charge in [0.05, 0.1) is 12.7 Å². The Morgan fingerprint density at radius 2 is 2.00 bits per heavy atom. The van der Waals surface area contributed by atoms with E-state index in [9.17, 15) is 0 Å². The Bertz CT molecular complexity index is 186. The maximum Gasteiger partial charge on any atom is 0.0586 e. The Morgan fingerprint density at radius 1 is 1.31 bits per heavy atom. The van der Waals surface area contributed by atoms with Crippen molar-refractivity contribution in [2.75, 3.05) is 6.61 Å². The van der Waals surface area contributed by atoms with Gasteiger partial charge in [0, 0.05) is 0 Å². The van der Waals surface area contributed by atoms with Crippen LogP contribution in [0.25, 0.3) is 0 Å². The number of ether oxygens (including phenoxy) is 1. The molecule has 0 amide bonds. The maximum absolute atomic E-state index is 5.89. The molecule has 13 heavy (non-hydrogen) atoms. The van der Waals surface area contributed by atoms with Crippen molar-refractivity contribution in [1.29, 1.82) is 0 Å². The van der Waals surface area contributed by atoms with Gasteiger partial charge in [-0.25, -0.2) is 0 Å². The molecule has 1 spiro atoms. The second-order valence-corrected chi connectivity index (χ2v) is 6.26. The third kappa shape index (κ3) is 2.07. The first-order chi connectivity index (χ1) is 5.99. The Balaban J connectivity index is 1.84. The minimum absolute atomic E-state index is 0.430. The van der Waals surface area contributed by atoms with Gasteiger partial charge in [0.15, 0.2) is 0 Å². The van der Waals surface area contributed by atoms with E-state index in [1.54, 1.807) is 0 Å². The van der Waals surface area contributed by atoms with E-state index in [0.717, 1.165) is 6.61 Å². The molecule has 2 fully saturated rings. The van der Waals surface area contributed by atoms with Crippen molar-refractivity contribution in [3.8, 4) is 0 Å². The zero-order chi connectivity index (χ0) is 9.53. The van der Waals surface area contributed by atoms with E-state index in [0.29, 0.717) is 16.9 Å². The smallest absolute Gasteiger partial charge is 0.0586 e. The molecule has 2 aliphatic rings. The van der Waals surface area contributed by atoms with Crippen molar-refractivity contribution in [3.05, 3.63) is 0 Å². The van der Waals surface area contributed by atoms with E-state index in [2.05, 4.69) is 20.8 Å². The predicted molar refractivity (Wildman–Crippen MR) is 54.7 cm³/mol. The van der Waals surface area contributed by atoms with Gasteiger partial charge in [-0.1, -0.05) is 27.2 Å². The van der Waals surface area contributed by atoms with Crippen LogP contribution < -0.4 is 0 Å². The van der Waals surface area contributed by atoms with Crippen LogP contribution in [0.2, 0.25) is 0 Å². The topological polar surface area (TPSA) is 9.23 Å². The van der Waals surface area contributed by atoms with Gasteiger partial charge in [0.2, 0.25) is 0 Å². The highest BCUT2D eigenvalue weighted by Gasteiger charge is 2.45. The van der Waals surface area contributed by atoms with Crippen LogP contribution in [-0.4, -0.2) is 12.7 Å². The lowest BCUT2D eigenvalue weighted by Gasteiger charge is -2.36. The Morgan fingerprint density at radius 3 is 2.38 bits per heavy atom. The summed E-state index contributed by atoms with van der Waals surface area (Å²) < 4.78 is 5.89. The minimum atomic E-state index is 0.430. The molecular formula is C12H22O. The first kappa shape index (κ1) is 9.51. The van der Waals surface area contributed by atoms with E-state index >= 15 is 0 Å². The van der Waals surface area contributed by atoms with Crippen LogP contribution in [0.3, 0.4) is 0 Å². The fourth-order valence-electron chi connectivity index (χ4n) is 2.73. The van der Waals surface area contributed by atoms with Gasteiger partial charge in [-0.3, -0.25) is 0 Å². The molecule has 1 heterocycles. The Hall–Kier alpha value is -0.0400. The molecule has 0 N–H and O–H groups in total. The average molecular weight is 182 g/mol. The third-order valence-corrected chi connectivity index (χ3v) is 3.54. The molecule has 1 saturated carbocycles. The van der Waals surface area contributed by atoms with E-state index in [1.807, 2.05) is 0 Å². The summed E-state index contributed by atoms with van der Waals surface area (Å²) in [5.74, 6) is 0. The fourth-order valence-corrected chi connectivity index (χ4v) is 2.73. The molecule has 0 radical (unpaired) electrons. The number of hydrogen-bond acceptors (Lipinski definition) is 1. The summed E-state index contributed by atoms with van der Waals surface area (Å²) in [6.45, 7) is 7.97. The van der Waals surface area contributed by atoms with Crippen molar-refractivity contribution in [3.63, 3.8) is 0 Å². The van der Waals surface area contributed by atoms with Gasteiger partial charge in [0.1, 0.15) is 0 Å². The minimum Gasteiger partial charge on any atom is -0.378 e. The van der Waals surface area contributed by atoms with Crippen molar-refractivity contribution in [2.24, 2.45) is 10.8 Å². The molecule has 76 valence electrons. The summed E-state index contributed by atoms with van der Waals surface area (Å²) in [4.78, 5) is 0. The molecule has 1 unspecified atom stereocenters.